The number of fused-ring (bicyclic) bond motifs is 2. The van der Waals surface area contributed by atoms with E-state index in [9.17, 15) is 4.79 Å². The summed E-state index contributed by atoms with van der Waals surface area (Å²) in [5.74, 6) is 1.86. The van der Waals surface area contributed by atoms with Crippen LogP contribution in [0.15, 0.2) is 35.3 Å². The van der Waals surface area contributed by atoms with E-state index in [2.05, 4.69) is 60.0 Å². The van der Waals surface area contributed by atoms with Gasteiger partial charge in [-0.05, 0) is 54.8 Å². The third-order valence-electron chi connectivity index (χ3n) is 10.1. The number of nitrogens with zero attached hydrogens (tertiary/aromatic N) is 2. The molecule has 5 N–H and O–H groups in total. The van der Waals surface area contributed by atoms with Crippen molar-refractivity contribution in [3.8, 4) is 0 Å². The third kappa shape index (κ3) is 6.30. The summed E-state index contributed by atoms with van der Waals surface area (Å²) in [5, 5.41) is 6.61. The van der Waals surface area contributed by atoms with Crippen molar-refractivity contribution in [2.45, 2.75) is 68.2 Å². The number of thioether (sulfide) groups is 1. The third-order valence-corrected chi connectivity index (χ3v) is 11.9. The Kier molecular flexibility index (Phi) is 11.9. The van der Waals surface area contributed by atoms with E-state index in [0.717, 1.165) is 45.6 Å². The van der Waals surface area contributed by atoms with Gasteiger partial charge < -0.3 is 52.8 Å². The first-order valence-electron chi connectivity index (χ1n) is 14.6. The van der Waals surface area contributed by atoms with E-state index in [1.165, 1.54) is 47.7 Å². The number of piperidine rings is 2. The number of hydrogen-bond donors (Lipinski definition) is 3. The SMILES string of the molecule is C[NH+](C)C1=NC2C[NH2+]C[C@]3(C[NH2+]C[C@H]3C(=O)N3CC[C@@H](c4ccccc4)C[C@H]3C3CCCCC3)C2S1.[Cl-].[Cl-].[Cl-]. The van der Waals surface area contributed by atoms with Gasteiger partial charge in [-0.1, -0.05) is 49.6 Å². The number of nitrogens with two attached hydrogens (primary N) is 2. The first-order chi connectivity index (χ1) is 17.6. The molecule has 0 bridgehead atoms. The van der Waals surface area contributed by atoms with Gasteiger partial charge >= 0.3 is 0 Å². The fourth-order valence-electron chi connectivity index (χ4n) is 8.26. The zero-order valence-corrected chi connectivity index (χ0v) is 26.4. The fraction of sp³-hybridized carbons (Fsp3) is 0.724. The lowest BCUT2D eigenvalue weighted by Gasteiger charge is -2.47. The molecule has 10 heteroatoms. The molecule has 1 aromatic rings. The van der Waals surface area contributed by atoms with E-state index < -0.39 is 0 Å². The summed E-state index contributed by atoms with van der Waals surface area (Å²) in [4.78, 5) is 23.5. The van der Waals surface area contributed by atoms with Crippen LogP contribution in [0.4, 0.5) is 0 Å². The zero-order chi connectivity index (χ0) is 24.7. The molecule has 0 aromatic heterocycles. The van der Waals surface area contributed by atoms with Crippen LogP contribution in [0.25, 0.3) is 0 Å². The first kappa shape index (κ1) is 33.0. The van der Waals surface area contributed by atoms with Gasteiger partial charge in [0, 0.05) is 12.6 Å². The number of rotatable bonds is 3. The number of hydrogen-bond acceptors (Lipinski definition) is 3. The lowest BCUT2D eigenvalue weighted by molar-refractivity contribution is -0.753. The van der Waals surface area contributed by atoms with E-state index in [1.54, 1.807) is 0 Å². The van der Waals surface area contributed by atoms with Gasteiger partial charge in [0.25, 0.3) is 5.17 Å². The molecule has 4 heterocycles. The second kappa shape index (κ2) is 14.1. The number of carbonyl (C=O) groups excluding carboxylic acids is 1. The number of nitrogens with one attached hydrogen (secondary N) is 1. The number of amides is 1. The van der Waals surface area contributed by atoms with E-state index in [1.807, 2.05) is 11.8 Å². The van der Waals surface area contributed by atoms with Gasteiger partial charge in [-0.2, -0.15) is 0 Å². The van der Waals surface area contributed by atoms with Crippen molar-refractivity contribution in [2.24, 2.45) is 22.2 Å². The minimum atomic E-state index is 0. The summed E-state index contributed by atoms with van der Waals surface area (Å²) in [5.41, 5.74) is 1.53. The van der Waals surface area contributed by atoms with E-state index in [-0.39, 0.29) is 48.6 Å². The molecular formula is C29H46Cl3N5OS. The smallest absolute Gasteiger partial charge is 0.257 e. The van der Waals surface area contributed by atoms with Crippen molar-refractivity contribution in [3.05, 3.63) is 35.9 Å². The Hall–Kier alpha value is -0.540. The quantitative estimate of drug-likeness (QED) is 0.315. The average molecular weight is 619 g/mol. The Labute approximate surface area is 257 Å². The highest BCUT2D eigenvalue weighted by Gasteiger charge is 2.64. The van der Waals surface area contributed by atoms with Crippen LogP contribution in [0.5, 0.6) is 0 Å². The predicted molar refractivity (Wildman–Crippen MR) is 145 cm³/mol. The number of halogens is 3. The van der Waals surface area contributed by atoms with Crippen LogP contribution in [0.1, 0.15) is 56.4 Å². The molecule has 6 rings (SSSR count). The van der Waals surface area contributed by atoms with Crippen LogP contribution in [0.2, 0.25) is 0 Å². The van der Waals surface area contributed by atoms with Crippen LogP contribution >= 0.6 is 11.8 Å². The van der Waals surface area contributed by atoms with Gasteiger partial charge in [0.1, 0.15) is 12.0 Å². The molecule has 0 radical (unpaired) electrons. The predicted octanol–water partition coefficient (Wildman–Crippen LogP) is -8.91. The number of amidine groups is 1. The molecule has 1 amide bonds. The summed E-state index contributed by atoms with van der Waals surface area (Å²) >= 11 is 2.00. The Morgan fingerprint density at radius 2 is 1.69 bits per heavy atom. The number of benzene rings is 1. The highest BCUT2D eigenvalue weighted by atomic mass is 35.5. The summed E-state index contributed by atoms with van der Waals surface area (Å²) in [6.45, 7) is 5.12. The number of quaternary nitrogens is 3. The van der Waals surface area contributed by atoms with Gasteiger partial charge in [0.05, 0.1) is 50.9 Å². The monoisotopic (exact) mass is 617 g/mol. The number of likely N-dealkylation sites (tertiary alicyclic amines) is 1. The molecule has 1 aliphatic carbocycles. The molecule has 4 fully saturated rings. The van der Waals surface area contributed by atoms with Crippen molar-refractivity contribution in [2.75, 3.05) is 46.8 Å². The van der Waals surface area contributed by atoms with Crippen molar-refractivity contribution in [1.82, 2.24) is 4.90 Å². The highest BCUT2D eigenvalue weighted by Crippen LogP contribution is 2.47. The lowest BCUT2D eigenvalue weighted by Crippen LogP contribution is -3.07. The molecule has 4 aliphatic heterocycles. The lowest BCUT2D eigenvalue weighted by atomic mass is 9.69. The molecule has 39 heavy (non-hydrogen) atoms. The minimum absolute atomic E-state index is 0. The van der Waals surface area contributed by atoms with Gasteiger partial charge in [-0.25, -0.2) is 4.99 Å². The van der Waals surface area contributed by atoms with Crippen molar-refractivity contribution in [3.63, 3.8) is 0 Å². The van der Waals surface area contributed by atoms with E-state index in [0.29, 0.717) is 35.1 Å². The second-order valence-electron chi connectivity index (χ2n) is 12.4. The Morgan fingerprint density at radius 1 is 1.00 bits per heavy atom. The van der Waals surface area contributed by atoms with Crippen LogP contribution in [0, 0.1) is 17.3 Å². The second-order valence-corrected chi connectivity index (χ2v) is 13.5. The van der Waals surface area contributed by atoms with Gasteiger partial charge in [0.15, 0.2) is 0 Å². The largest absolute Gasteiger partial charge is 1.00 e. The maximum absolute atomic E-state index is 14.6. The van der Waals surface area contributed by atoms with Crippen molar-refractivity contribution < 1.29 is 57.5 Å². The Balaban J connectivity index is 0.00000140. The Morgan fingerprint density at radius 3 is 2.38 bits per heavy atom. The molecular weight excluding hydrogens is 573 g/mol. The number of carbonyl (C=O) groups is 1. The average Bonchev–Trinajstić information content (AvgIpc) is 3.55. The van der Waals surface area contributed by atoms with E-state index >= 15 is 0 Å². The van der Waals surface area contributed by atoms with Gasteiger partial charge in [0.2, 0.25) is 5.91 Å². The molecule has 220 valence electrons. The summed E-state index contributed by atoms with van der Waals surface area (Å²) < 4.78 is 0. The Bertz CT molecular complexity index is 979. The van der Waals surface area contributed by atoms with Gasteiger partial charge in [-0.3, -0.25) is 9.69 Å². The topological polar surface area (TPSA) is 70.3 Å². The summed E-state index contributed by atoms with van der Waals surface area (Å²) in [6.07, 6.45) is 8.89. The van der Waals surface area contributed by atoms with Crippen LogP contribution in [-0.2, 0) is 4.79 Å². The fourth-order valence-corrected chi connectivity index (χ4v) is 9.85. The van der Waals surface area contributed by atoms with Crippen molar-refractivity contribution >= 4 is 22.8 Å². The maximum Gasteiger partial charge on any atom is 0.257 e. The molecule has 5 aliphatic rings. The zero-order valence-electron chi connectivity index (χ0n) is 23.3. The van der Waals surface area contributed by atoms with Crippen LogP contribution < -0.4 is 52.8 Å². The van der Waals surface area contributed by atoms with Gasteiger partial charge in [-0.15, -0.1) is 0 Å². The molecule has 6 atom stereocenters. The summed E-state index contributed by atoms with van der Waals surface area (Å²) in [7, 11) is 4.38. The molecule has 1 aromatic carbocycles. The van der Waals surface area contributed by atoms with Crippen LogP contribution in [-0.4, -0.2) is 80.1 Å². The standard InChI is InChI=1S/C29H43N5OS.3ClH/c1-33(2)28-32-24-17-31-19-29(26(24)36-28)18-30-16-23(29)27(35)34-14-13-22(20-9-5-3-6-10-20)15-25(34)21-11-7-4-8-12-21;;;/h3,5-6,9-10,21-26,30-31H,4,7-8,11-19H2,1-2H3;3*1H/t22-,23+,24?,25+,26?,29+;;;/m1.../s1. The summed E-state index contributed by atoms with van der Waals surface area (Å²) in [6, 6.07) is 11.9. The minimum Gasteiger partial charge on any atom is -1.00 e. The van der Waals surface area contributed by atoms with Crippen molar-refractivity contribution in [1.29, 1.82) is 0 Å². The molecule has 1 spiro atoms. The van der Waals surface area contributed by atoms with E-state index in [4.69, 9.17) is 4.99 Å². The molecule has 2 unspecified atom stereocenters. The normalized spacial score (nSPS) is 34.5. The first-order valence-corrected chi connectivity index (χ1v) is 15.5. The maximum atomic E-state index is 14.6. The molecule has 6 nitrogen and oxygen atoms in total. The highest BCUT2D eigenvalue weighted by molar-refractivity contribution is 8.14. The molecule has 3 saturated heterocycles. The molecule has 1 saturated carbocycles. The van der Waals surface area contributed by atoms with Crippen LogP contribution in [0.3, 0.4) is 0 Å². The number of aliphatic imine (C=N–C) groups is 1.